The molecule has 2 aromatic rings. The lowest BCUT2D eigenvalue weighted by atomic mass is 9.92. The molecule has 0 bridgehead atoms. The van der Waals surface area contributed by atoms with Crippen LogP contribution in [0.5, 0.6) is 11.5 Å². The summed E-state index contributed by atoms with van der Waals surface area (Å²) >= 11 is 1.16. The molecule has 3 rings (SSSR count). The minimum Gasteiger partial charge on any atom is -0.508 e. The Morgan fingerprint density at radius 3 is 2.27 bits per heavy atom. The summed E-state index contributed by atoms with van der Waals surface area (Å²) in [5, 5.41) is 49.5. The fourth-order valence-corrected chi connectivity index (χ4v) is 5.15. The Hall–Kier alpha value is -1.77. The number of aliphatic hydroxyl groups is 4. The van der Waals surface area contributed by atoms with Crippen LogP contribution in [0.1, 0.15) is 41.4 Å². The van der Waals surface area contributed by atoms with Crippen LogP contribution in [-0.4, -0.2) is 61.8 Å². The minimum atomic E-state index is -1.40. The van der Waals surface area contributed by atoms with Crippen molar-refractivity contribution in [3.63, 3.8) is 0 Å². The number of aryl methyl sites for hydroxylation is 1. The highest BCUT2D eigenvalue weighted by Gasteiger charge is 2.44. The van der Waals surface area contributed by atoms with Crippen LogP contribution >= 0.6 is 11.8 Å². The van der Waals surface area contributed by atoms with Gasteiger partial charge in [-0.1, -0.05) is 18.2 Å². The summed E-state index contributed by atoms with van der Waals surface area (Å²) in [5.74, 6) is 0.829. The largest absolute Gasteiger partial charge is 0.508 e. The monoisotopic (exact) mass is 434 g/mol. The van der Waals surface area contributed by atoms with E-state index in [0.29, 0.717) is 12.0 Å². The smallest absolute Gasteiger partial charge is 0.120 e. The van der Waals surface area contributed by atoms with E-state index in [-0.39, 0.29) is 18.5 Å². The van der Waals surface area contributed by atoms with Crippen LogP contribution in [0.15, 0.2) is 36.4 Å². The Kier molecular flexibility index (Phi) is 7.31. The van der Waals surface area contributed by atoms with Gasteiger partial charge in [0.05, 0.1) is 35.4 Å². The molecule has 1 heterocycles. The lowest BCUT2D eigenvalue weighted by Gasteiger charge is -2.40. The standard InChI is InChI=1S/C23H30O6S/c1-12(2)29-16-6-4-14(5-7-16)9-15-10-17(18(25)8-13(15)3)23-22(28)21(27)20(26)19(11-24)30-23/h4-8,10,12,19-28H,9,11H2,1-3H3/t19-,20-,21+,22-,23+/m1/s1. The van der Waals surface area contributed by atoms with E-state index in [1.807, 2.05) is 51.1 Å². The second kappa shape index (κ2) is 9.58. The average Bonchev–Trinajstić information content (AvgIpc) is 2.70. The first-order chi connectivity index (χ1) is 14.2. The Balaban J connectivity index is 1.87. The van der Waals surface area contributed by atoms with Gasteiger partial charge in [-0.2, -0.15) is 0 Å². The number of ether oxygens (including phenoxy) is 1. The zero-order valence-electron chi connectivity index (χ0n) is 17.4. The molecule has 7 heteroatoms. The first kappa shape index (κ1) is 22.9. The number of hydrogen-bond acceptors (Lipinski definition) is 7. The van der Waals surface area contributed by atoms with E-state index in [2.05, 4.69) is 0 Å². The number of phenolic OH excluding ortho intramolecular Hbond substituents is 1. The highest BCUT2D eigenvalue weighted by molar-refractivity contribution is 8.00. The molecule has 0 aromatic heterocycles. The summed E-state index contributed by atoms with van der Waals surface area (Å²) in [6.45, 7) is 5.53. The number of aliphatic hydroxyl groups excluding tert-OH is 4. The topological polar surface area (TPSA) is 110 Å². The van der Waals surface area contributed by atoms with Gasteiger partial charge in [0.1, 0.15) is 17.6 Å². The van der Waals surface area contributed by atoms with Gasteiger partial charge in [0.15, 0.2) is 0 Å². The van der Waals surface area contributed by atoms with E-state index in [1.54, 1.807) is 6.07 Å². The molecule has 0 radical (unpaired) electrons. The van der Waals surface area contributed by atoms with Crippen molar-refractivity contribution in [3.8, 4) is 11.5 Å². The van der Waals surface area contributed by atoms with E-state index >= 15 is 0 Å². The molecule has 6 nitrogen and oxygen atoms in total. The Morgan fingerprint density at radius 2 is 1.67 bits per heavy atom. The van der Waals surface area contributed by atoms with Gasteiger partial charge in [0.25, 0.3) is 0 Å². The fourth-order valence-electron chi connectivity index (χ4n) is 3.71. The lowest BCUT2D eigenvalue weighted by Crippen LogP contribution is -2.51. The first-order valence-corrected chi connectivity index (χ1v) is 11.0. The summed E-state index contributed by atoms with van der Waals surface area (Å²) in [6, 6.07) is 11.3. The molecule has 164 valence electrons. The number of aromatic hydroxyl groups is 1. The van der Waals surface area contributed by atoms with Crippen LogP contribution in [-0.2, 0) is 6.42 Å². The lowest BCUT2D eigenvalue weighted by molar-refractivity contribution is -0.0701. The van der Waals surface area contributed by atoms with Crippen LogP contribution in [0.3, 0.4) is 0 Å². The van der Waals surface area contributed by atoms with Crippen LogP contribution < -0.4 is 4.74 Å². The van der Waals surface area contributed by atoms with E-state index in [4.69, 9.17) is 4.74 Å². The summed E-state index contributed by atoms with van der Waals surface area (Å²) < 4.78 is 5.68. The molecular formula is C23H30O6S. The fraction of sp³-hybridized carbons (Fsp3) is 0.478. The number of phenols is 1. The maximum atomic E-state index is 10.5. The van der Waals surface area contributed by atoms with Crippen molar-refractivity contribution in [2.75, 3.05) is 6.61 Å². The number of thioether (sulfide) groups is 1. The quantitative estimate of drug-likeness (QED) is 0.475. The van der Waals surface area contributed by atoms with Gasteiger partial charge in [0, 0.05) is 5.56 Å². The summed E-state index contributed by atoms with van der Waals surface area (Å²) in [7, 11) is 0. The van der Waals surface area contributed by atoms with Gasteiger partial charge >= 0.3 is 0 Å². The molecule has 1 aliphatic rings. The van der Waals surface area contributed by atoms with Crippen molar-refractivity contribution < 1.29 is 30.3 Å². The normalized spacial score (nSPS) is 26.7. The molecule has 1 fully saturated rings. The molecule has 5 atom stereocenters. The highest BCUT2D eigenvalue weighted by atomic mass is 32.2. The number of hydrogen-bond donors (Lipinski definition) is 5. The summed E-state index contributed by atoms with van der Waals surface area (Å²) in [5.41, 5.74) is 3.45. The minimum absolute atomic E-state index is 0.0220. The third kappa shape index (κ3) is 4.92. The molecule has 1 aliphatic heterocycles. The first-order valence-electron chi connectivity index (χ1n) is 10.1. The molecule has 30 heavy (non-hydrogen) atoms. The van der Waals surface area contributed by atoms with E-state index in [0.717, 1.165) is 34.2 Å². The molecule has 2 aromatic carbocycles. The Bertz CT molecular complexity index is 852. The zero-order chi connectivity index (χ0) is 22.0. The zero-order valence-corrected chi connectivity index (χ0v) is 18.2. The Morgan fingerprint density at radius 1 is 1.00 bits per heavy atom. The van der Waals surface area contributed by atoms with Crippen LogP contribution in [0.2, 0.25) is 0 Å². The third-order valence-corrected chi connectivity index (χ3v) is 6.98. The van der Waals surface area contributed by atoms with E-state index < -0.39 is 28.8 Å². The van der Waals surface area contributed by atoms with Gasteiger partial charge in [0.2, 0.25) is 0 Å². The SMILES string of the molecule is Cc1cc(O)c([C@@H]2S[C@H](CO)[C@@H](O)[C@H](O)[C@H]2O)cc1Cc1ccc(OC(C)C)cc1. The van der Waals surface area contributed by atoms with Crippen LogP contribution in [0, 0.1) is 6.92 Å². The van der Waals surface area contributed by atoms with Crippen molar-refractivity contribution >= 4 is 11.8 Å². The Labute approximate surface area is 181 Å². The van der Waals surface area contributed by atoms with Crippen molar-refractivity contribution in [3.05, 3.63) is 58.7 Å². The van der Waals surface area contributed by atoms with E-state index in [9.17, 15) is 25.5 Å². The molecule has 0 saturated carbocycles. The highest BCUT2D eigenvalue weighted by Crippen LogP contribution is 2.46. The molecule has 0 aliphatic carbocycles. The number of benzene rings is 2. The van der Waals surface area contributed by atoms with Gasteiger partial charge in [-0.15, -0.1) is 11.8 Å². The summed E-state index contributed by atoms with van der Waals surface area (Å²) in [4.78, 5) is 0. The van der Waals surface area contributed by atoms with Crippen LogP contribution in [0.4, 0.5) is 0 Å². The van der Waals surface area contributed by atoms with Gasteiger partial charge in [-0.25, -0.2) is 0 Å². The molecule has 0 unspecified atom stereocenters. The van der Waals surface area contributed by atoms with Crippen LogP contribution in [0.25, 0.3) is 0 Å². The number of rotatable bonds is 6. The van der Waals surface area contributed by atoms with E-state index in [1.165, 1.54) is 0 Å². The van der Waals surface area contributed by atoms with Gasteiger partial charge in [-0.05, 0) is 62.1 Å². The molecule has 0 spiro atoms. The maximum absolute atomic E-state index is 10.5. The maximum Gasteiger partial charge on any atom is 0.120 e. The van der Waals surface area contributed by atoms with Crippen molar-refractivity contribution in [1.29, 1.82) is 0 Å². The second-order valence-corrected chi connectivity index (χ2v) is 9.46. The predicted molar refractivity (Wildman–Crippen MR) is 117 cm³/mol. The second-order valence-electron chi connectivity index (χ2n) is 8.07. The van der Waals surface area contributed by atoms with Gasteiger partial charge in [-0.3, -0.25) is 0 Å². The summed E-state index contributed by atoms with van der Waals surface area (Å²) in [6.07, 6.45) is -3.16. The molecular weight excluding hydrogens is 404 g/mol. The van der Waals surface area contributed by atoms with Crippen molar-refractivity contribution in [2.45, 2.75) is 62.1 Å². The van der Waals surface area contributed by atoms with Crippen molar-refractivity contribution in [1.82, 2.24) is 0 Å². The molecule has 5 N–H and O–H groups in total. The molecule has 0 amide bonds. The predicted octanol–water partition coefficient (Wildman–Crippen LogP) is 2.31. The average molecular weight is 435 g/mol. The van der Waals surface area contributed by atoms with Gasteiger partial charge < -0.3 is 30.3 Å². The molecule has 1 saturated heterocycles. The third-order valence-electron chi connectivity index (χ3n) is 5.37. The van der Waals surface area contributed by atoms with Crippen molar-refractivity contribution in [2.24, 2.45) is 0 Å².